The van der Waals surface area contributed by atoms with E-state index in [2.05, 4.69) is 4.90 Å². The Bertz CT molecular complexity index is 1140. The molecule has 2 fully saturated rings. The summed E-state index contributed by atoms with van der Waals surface area (Å²) < 4.78 is 16.3. The van der Waals surface area contributed by atoms with Gasteiger partial charge in [-0.15, -0.1) is 0 Å². The van der Waals surface area contributed by atoms with Crippen LogP contribution in [0.15, 0.2) is 48.0 Å². The molecule has 2 aliphatic rings. The average molecular weight is 497 g/mol. The summed E-state index contributed by atoms with van der Waals surface area (Å²) in [5.74, 6) is -1.12. The van der Waals surface area contributed by atoms with Crippen LogP contribution < -0.4 is 9.47 Å². The molecule has 0 saturated carbocycles. The number of aliphatic hydroxyl groups is 1. The fourth-order valence-corrected chi connectivity index (χ4v) is 4.52. The standard InChI is InChI=1S/C27H32N2O7/c1-17(2)36-19-6-4-18(5-7-19)24-23(25(31)21-9-8-20(34-3)16-22(21)30)26(32)27(33)29(24)11-10-28-12-14-35-15-13-28/h4-9,16-17,24,30-31H,10-15H2,1-3H3/b25-23+. The molecule has 2 saturated heterocycles. The molecule has 0 bridgehead atoms. The number of morpholine rings is 1. The number of methoxy groups -OCH3 is 1. The number of phenolic OH excluding ortho intramolecular Hbond substituents is 1. The zero-order chi connectivity index (χ0) is 25.8. The minimum absolute atomic E-state index is 0.00643. The molecule has 1 amide bonds. The molecule has 0 aliphatic carbocycles. The van der Waals surface area contributed by atoms with Crippen molar-refractivity contribution < 1.29 is 34.0 Å². The van der Waals surface area contributed by atoms with Crippen LogP contribution in [0.1, 0.15) is 31.0 Å². The fourth-order valence-electron chi connectivity index (χ4n) is 4.52. The van der Waals surface area contributed by atoms with Crippen LogP contribution in [0.5, 0.6) is 17.2 Å². The zero-order valence-corrected chi connectivity index (χ0v) is 20.8. The lowest BCUT2D eigenvalue weighted by atomic mass is 9.95. The van der Waals surface area contributed by atoms with E-state index in [-0.39, 0.29) is 23.0 Å². The van der Waals surface area contributed by atoms with Crippen LogP contribution in [-0.2, 0) is 14.3 Å². The summed E-state index contributed by atoms with van der Waals surface area (Å²) in [5, 5.41) is 21.7. The van der Waals surface area contributed by atoms with E-state index in [9.17, 15) is 19.8 Å². The predicted molar refractivity (Wildman–Crippen MR) is 133 cm³/mol. The maximum atomic E-state index is 13.2. The van der Waals surface area contributed by atoms with E-state index >= 15 is 0 Å². The largest absolute Gasteiger partial charge is 0.507 e. The predicted octanol–water partition coefficient (Wildman–Crippen LogP) is 2.94. The number of hydrogen-bond donors (Lipinski definition) is 2. The van der Waals surface area contributed by atoms with Gasteiger partial charge in [0.15, 0.2) is 0 Å². The van der Waals surface area contributed by atoms with E-state index in [0.29, 0.717) is 43.4 Å². The Hall–Kier alpha value is -3.56. The van der Waals surface area contributed by atoms with Gasteiger partial charge in [-0.1, -0.05) is 12.1 Å². The molecule has 1 unspecified atom stereocenters. The van der Waals surface area contributed by atoms with Crippen LogP contribution in [0.3, 0.4) is 0 Å². The molecule has 2 aromatic carbocycles. The van der Waals surface area contributed by atoms with Crippen molar-refractivity contribution >= 4 is 17.4 Å². The first-order chi connectivity index (χ1) is 17.3. The quantitative estimate of drug-likeness (QED) is 0.326. The highest BCUT2D eigenvalue weighted by Gasteiger charge is 2.46. The van der Waals surface area contributed by atoms with Crippen molar-refractivity contribution in [1.82, 2.24) is 9.80 Å². The van der Waals surface area contributed by atoms with Crippen LogP contribution in [0.2, 0.25) is 0 Å². The van der Waals surface area contributed by atoms with Crippen LogP contribution in [0.25, 0.3) is 5.76 Å². The molecule has 9 heteroatoms. The first-order valence-electron chi connectivity index (χ1n) is 12.0. The molecule has 9 nitrogen and oxygen atoms in total. The second-order valence-electron chi connectivity index (χ2n) is 9.07. The maximum Gasteiger partial charge on any atom is 0.295 e. The number of carbonyl (C=O) groups excluding carboxylic acids is 2. The van der Waals surface area contributed by atoms with Gasteiger partial charge in [0.2, 0.25) is 0 Å². The molecule has 2 N–H and O–H groups in total. The molecule has 192 valence electrons. The van der Waals surface area contributed by atoms with Crippen molar-refractivity contribution in [2.75, 3.05) is 46.5 Å². The normalized spacial score (nSPS) is 20.2. The van der Waals surface area contributed by atoms with E-state index in [1.54, 1.807) is 30.3 Å². The number of likely N-dealkylation sites (tertiary alicyclic amines) is 1. The molecule has 36 heavy (non-hydrogen) atoms. The van der Waals surface area contributed by atoms with Crippen molar-refractivity contribution in [3.8, 4) is 17.2 Å². The first kappa shape index (κ1) is 25.5. The SMILES string of the molecule is COc1ccc(/C(O)=C2\C(=O)C(=O)N(CCN3CCOCC3)C2c2ccc(OC(C)C)cc2)c(O)c1. The molecule has 0 spiro atoms. The van der Waals surface area contributed by atoms with Crippen molar-refractivity contribution in [3.63, 3.8) is 0 Å². The van der Waals surface area contributed by atoms with E-state index in [1.165, 1.54) is 24.1 Å². The van der Waals surface area contributed by atoms with E-state index in [1.807, 2.05) is 13.8 Å². The maximum absolute atomic E-state index is 13.2. The van der Waals surface area contributed by atoms with Gasteiger partial charge in [-0.05, 0) is 43.7 Å². The Morgan fingerprint density at radius 2 is 1.72 bits per heavy atom. The summed E-state index contributed by atoms with van der Waals surface area (Å²) in [6.07, 6.45) is -0.00643. The molecule has 0 aromatic heterocycles. The van der Waals surface area contributed by atoms with Crippen LogP contribution in [0.4, 0.5) is 0 Å². The van der Waals surface area contributed by atoms with Gasteiger partial charge in [-0.25, -0.2) is 0 Å². The summed E-state index contributed by atoms with van der Waals surface area (Å²) in [5.41, 5.74) is 0.633. The van der Waals surface area contributed by atoms with Gasteiger partial charge in [-0.2, -0.15) is 0 Å². The molecule has 4 rings (SSSR count). The minimum atomic E-state index is -0.819. The van der Waals surface area contributed by atoms with Gasteiger partial charge in [-0.3, -0.25) is 14.5 Å². The van der Waals surface area contributed by atoms with Crippen molar-refractivity contribution in [3.05, 3.63) is 59.2 Å². The van der Waals surface area contributed by atoms with Crippen molar-refractivity contribution in [1.29, 1.82) is 0 Å². The van der Waals surface area contributed by atoms with Gasteiger partial charge >= 0.3 is 0 Å². The topological polar surface area (TPSA) is 109 Å². The van der Waals surface area contributed by atoms with Gasteiger partial charge in [0.05, 0.1) is 43.6 Å². The van der Waals surface area contributed by atoms with E-state index in [4.69, 9.17) is 14.2 Å². The Morgan fingerprint density at radius 3 is 2.33 bits per heavy atom. The molecule has 0 radical (unpaired) electrons. The number of carbonyl (C=O) groups is 2. The second-order valence-corrected chi connectivity index (χ2v) is 9.07. The van der Waals surface area contributed by atoms with E-state index in [0.717, 1.165) is 13.1 Å². The van der Waals surface area contributed by atoms with Crippen molar-refractivity contribution in [2.45, 2.75) is 26.0 Å². The first-order valence-corrected chi connectivity index (χ1v) is 12.0. The average Bonchev–Trinajstić information content (AvgIpc) is 3.12. The van der Waals surface area contributed by atoms with Crippen LogP contribution in [-0.4, -0.2) is 84.3 Å². The van der Waals surface area contributed by atoms with Crippen molar-refractivity contribution in [2.24, 2.45) is 0 Å². The summed E-state index contributed by atoms with van der Waals surface area (Å²) in [6.45, 7) is 7.45. The Labute approximate surface area is 210 Å². The lowest BCUT2D eigenvalue weighted by Crippen LogP contribution is -2.42. The third-order valence-electron chi connectivity index (χ3n) is 6.33. The smallest absolute Gasteiger partial charge is 0.295 e. The fraction of sp³-hybridized carbons (Fsp3) is 0.407. The number of benzene rings is 2. The number of ether oxygens (including phenoxy) is 3. The number of phenols is 1. The molecule has 2 heterocycles. The van der Waals surface area contributed by atoms with Crippen LogP contribution in [0, 0.1) is 0 Å². The summed E-state index contributed by atoms with van der Waals surface area (Å²) >= 11 is 0. The molecular formula is C27H32N2O7. The molecule has 1 atom stereocenters. The summed E-state index contributed by atoms with van der Waals surface area (Å²) in [4.78, 5) is 30.1. The lowest BCUT2D eigenvalue weighted by molar-refractivity contribution is -0.140. The number of rotatable bonds is 8. The second kappa shape index (κ2) is 11.0. The number of amides is 1. The van der Waals surface area contributed by atoms with Gasteiger partial charge in [0.1, 0.15) is 23.0 Å². The molecule has 2 aromatic rings. The monoisotopic (exact) mass is 496 g/mol. The number of aliphatic hydroxyl groups excluding tert-OH is 1. The highest BCUT2D eigenvalue weighted by Crippen LogP contribution is 2.41. The lowest BCUT2D eigenvalue weighted by Gasteiger charge is -2.31. The molecule has 2 aliphatic heterocycles. The summed E-state index contributed by atoms with van der Waals surface area (Å²) in [6, 6.07) is 10.7. The Morgan fingerprint density at radius 1 is 1.06 bits per heavy atom. The third-order valence-corrected chi connectivity index (χ3v) is 6.33. The highest BCUT2D eigenvalue weighted by atomic mass is 16.5. The number of aromatic hydroxyl groups is 1. The van der Waals surface area contributed by atoms with Gasteiger partial charge in [0.25, 0.3) is 11.7 Å². The molecular weight excluding hydrogens is 464 g/mol. The van der Waals surface area contributed by atoms with Gasteiger partial charge < -0.3 is 29.3 Å². The number of nitrogens with zero attached hydrogens (tertiary/aromatic N) is 2. The summed E-state index contributed by atoms with van der Waals surface area (Å²) in [7, 11) is 1.46. The van der Waals surface area contributed by atoms with E-state index < -0.39 is 23.5 Å². The zero-order valence-electron chi connectivity index (χ0n) is 20.8. The number of hydrogen-bond acceptors (Lipinski definition) is 8. The number of Topliss-reactive ketones (excluding diaryl/α,β-unsaturated/α-hetero) is 1. The Balaban J connectivity index is 1.74. The van der Waals surface area contributed by atoms with Crippen LogP contribution >= 0.6 is 0 Å². The minimum Gasteiger partial charge on any atom is -0.507 e. The van der Waals surface area contributed by atoms with Gasteiger partial charge in [0, 0.05) is 32.2 Å². The Kier molecular flexibility index (Phi) is 7.81. The third kappa shape index (κ3) is 5.32. The highest BCUT2D eigenvalue weighted by molar-refractivity contribution is 6.46. The number of ketones is 1.